The van der Waals surface area contributed by atoms with E-state index in [0.29, 0.717) is 0 Å². The SMILES string of the molecule is CC(=O)c1ccoc1F. The fraction of sp³-hybridized carbons (Fsp3) is 0.167. The highest BCUT2D eigenvalue weighted by Crippen LogP contribution is 2.07. The Bertz CT molecular complexity index is 227. The molecule has 0 aromatic carbocycles. The Balaban J connectivity index is 3.08. The monoisotopic (exact) mass is 128 g/mol. The molecule has 1 aromatic heterocycles. The molecule has 0 saturated carbocycles. The molecule has 0 unspecified atom stereocenters. The summed E-state index contributed by atoms with van der Waals surface area (Å²) in [6.07, 6.45) is 1.14. The average molecular weight is 128 g/mol. The molecule has 0 aliphatic rings. The Kier molecular flexibility index (Phi) is 1.34. The third-order valence-electron chi connectivity index (χ3n) is 0.997. The summed E-state index contributed by atoms with van der Waals surface area (Å²) in [6, 6.07) is 0.500. The summed E-state index contributed by atoms with van der Waals surface area (Å²) in [6.45, 7) is 1.29. The lowest BCUT2D eigenvalue weighted by atomic mass is 10.2. The number of hydrogen-bond acceptors (Lipinski definition) is 2. The van der Waals surface area contributed by atoms with E-state index in [0.717, 1.165) is 6.26 Å². The minimum atomic E-state index is -0.803. The molecule has 1 aromatic rings. The highest BCUT2D eigenvalue weighted by Gasteiger charge is 2.07. The lowest BCUT2D eigenvalue weighted by Crippen LogP contribution is -1.90. The summed E-state index contributed by atoms with van der Waals surface area (Å²) in [5, 5.41) is 0. The second-order valence-corrected chi connectivity index (χ2v) is 1.66. The van der Waals surface area contributed by atoms with Crippen LogP contribution >= 0.6 is 0 Å². The van der Waals surface area contributed by atoms with Gasteiger partial charge in [-0.1, -0.05) is 0 Å². The van der Waals surface area contributed by atoms with E-state index in [1.807, 2.05) is 0 Å². The van der Waals surface area contributed by atoms with Crippen LogP contribution in [0.3, 0.4) is 0 Å². The van der Waals surface area contributed by atoms with E-state index in [1.165, 1.54) is 13.0 Å². The molecule has 0 N–H and O–H groups in total. The molecule has 9 heavy (non-hydrogen) atoms. The second kappa shape index (κ2) is 2.01. The van der Waals surface area contributed by atoms with Gasteiger partial charge in [-0.15, -0.1) is 0 Å². The van der Waals surface area contributed by atoms with Crippen LogP contribution in [0, 0.1) is 6.01 Å². The first-order valence-electron chi connectivity index (χ1n) is 2.45. The number of hydrogen-bond donors (Lipinski definition) is 0. The van der Waals surface area contributed by atoms with Crippen LogP contribution in [0.25, 0.3) is 0 Å². The molecule has 0 fully saturated rings. The van der Waals surface area contributed by atoms with Crippen molar-refractivity contribution >= 4 is 5.78 Å². The zero-order chi connectivity index (χ0) is 6.85. The van der Waals surface area contributed by atoms with Crippen molar-refractivity contribution < 1.29 is 13.6 Å². The fourth-order valence-corrected chi connectivity index (χ4v) is 0.547. The van der Waals surface area contributed by atoms with E-state index in [2.05, 4.69) is 4.42 Å². The van der Waals surface area contributed by atoms with Crippen LogP contribution in [0.5, 0.6) is 0 Å². The van der Waals surface area contributed by atoms with Gasteiger partial charge in [-0.05, 0) is 13.0 Å². The summed E-state index contributed by atoms with van der Waals surface area (Å²) in [5.41, 5.74) is 0.00926. The summed E-state index contributed by atoms with van der Waals surface area (Å²) in [4.78, 5) is 10.4. The quantitative estimate of drug-likeness (QED) is 0.538. The van der Waals surface area contributed by atoms with Crippen LogP contribution in [0.4, 0.5) is 4.39 Å². The van der Waals surface area contributed by atoms with E-state index in [-0.39, 0.29) is 11.3 Å². The van der Waals surface area contributed by atoms with Gasteiger partial charge in [0.2, 0.25) is 0 Å². The van der Waals surface area contributed by atoms with Gasteiger partial charge in [-0.2, -0.15) is 4.39 Å². The summed E-state index contributed by atoms with van der Waals surface area (Å²) < 4.78 is 16.5. The largest absolute Gasteiger partial charge is 0.439 e. The maximum Gasteiger partial charge on any atom is 0.288 e. The standard InChI is InChI=1S/C6H5FO2/c1-4(8)5-2-3-9-6(5)7/h2-3H,1H3. The molecule has 48 valence electrons. The van der Waals surface area contributed by atoms with Crippen LogP contribution in [-0.2, 0) is 0 Å². The number of Topliss-reactive ketones (excluding diaryl/α,β-unsaturated/α-hetero) is 1. The van der Waals surface area contributed by atoms with Crippen LogP contribution < -0.4 is 0 Å². The number of halogens is 1. The van der Waals surface area contributed by atoms with Gasteiger partial charge in [-0.25, -0.2) is 0 Å². The van der Waals surface area contributed by atoms with Crippen LogP contribution in [0.15, 0.2) is 16.7 Å². The highest BCUT2D eigenvalue weighted by molar-refractivity contribution is 5.93. The molecule has 2 nitrogen and oxygen atoms in total. The zero-order valence-corrected chi connectivity index (χ0v) is 4.85. The van der Waals surface area contributed by atoms with E-state index < -0.39 is 6.01 Å². The van der Waals surface area contributed by atoms with Crippen molar-refractivity contribution in [1.82, 2.24) is 0 Å². The second-order valence-electron chi connectivity index (χ2n) is 1.66. The molecular weight excluding hydrogens is 123 g/mol. The minimum Gasteiger partial charge on any atom is -0.439 e. The lowest BCUT2D eigenvalue weighted by molar-refractivity contribution is 0.101. The van der Waals surface area contributed by atoms with Crippen molar-refractivity contribution in [3.63, 3.8) is 0 Å². The number of ketones is 1. The number of carbonyl (C=O) groups is 1. The van der Waals surface area contributed by atoms with Crippen molar-refractivity contribution in [2.24, 2.45) is 0 Å². The minimum absolute atomic E-state index is 0.00926. The van der Waals surface area contributed by atoms with Crippen molar-refractivity contribution in [2.45, 2.75) is 6.92 Å². The molecule has 0 amide bonds. The van der Waals surface area contributed by atoms with E-state index >= 15 is 0 Å². The molecule has 1 heterocycles. The molecule has 0 spiro atoms. The number of carbonyl (C=O) groups excluding carboxylic acids is 1. The van der Waals surface area contributed by atoms with Gasteiger partial charge in [0.1, 0.15) is 0 Å². The van der Waals surface area contributed by atoms with E-state index in [4.69, 9.17) is 0 Å². The maximum absolute atomic E-state index is 12.2. The van der Waals surface area contributed by atoms with Crippen LogP contribution in [0.2, 0.25) is 0 Å². The molecule has 1 rings (SSSR count). The lowest BCUT2D eigenvalue weighted by Gasteiger charge is -1.82. The Morgan fingerprint density at radius 1 is 1.78 bits per heavy atom. The van der Waals surface area contributed by atoms with Crippen molar-refractivity contribution in [1.29, 1.82) is 0 Å². The predicted molar refractivity (Wildman–Crippen MR) is 28.7 cm³/mol. The first-order valence-corrected chi connectivity index (χ1v) is 2.45. The third-order valence-corrected chi connectivity index (χ3v) is 0.997. The first kappa shape index (κ1) is 6.01. The maximum atomic E-state index is 12.2. The van der Waals surface area contributed by atoms with Gasteiger partial charge in [0.25, 0.3) is 6.01 Å². The molecule has 0 atom stereocenters. The van der Waals surface area contributed by atoms with Crippen molar-refractivity contribution in [2.75, 3.05) is 0 Å². The van der Waals surface area contributed by atoms with Crippen LogP contribution in [-0.4, -0.2) is 5.78 Å². The number of rotatable bonds is 1. The topological polar surface area (TPSA) is 30.2 Å². The first-order chi connectivity index (χ1) is 4.22. The van der Waals surface area contributed by atoms with E-state index in [9.17, 15) is 9.18 Å². The highest BCUT2D eigenvalue weighted by atomic mass is 19.1. The molecule has 0 bridgehead atoms. The van der Waals surface area contributed by atoms with Crippen molar-refractivity contribution in [3.05, 3.63) is 23.9 Å². The Labute approximate surface area is 51.3 Å². The Morgan fingerprint density at radius 2 is 2.44 bits per heavy atom. The number of furan rings is 1. The predicted octanol–water partition coefficient (Wildman–Crippen LogP) is 1.62. The van der Waals surface area contributed by atoms with Gasteiger partial charge in [0, 0.05) is 0 Å². The van der Waals surface area contributed by atoms with E-state index in [1.54, 1.807) is 0 Å². The Hall–Kier alpha value is -1.12. The zero-order valence-electron chi connectivity index (χ0n) is 4.85. The molecule has 0 radical (unpaired) electrons. The van der Waals surface area contributed by atoms with Crippen molar-refractivity contribution in [3.8, 4) is 0 Å². The molecular formula is C6H5FO2. The normalized spacial score (nSPS) is 9.56. The third kappa shape index (κ3) is 0.988. The molecule has 0 aliphatic carbocycles. The van der Waals surface area contributed by atoms with Gasteiger partial charge in [0.05, 0.1) is 11.8 Å². The van der Waals surface area contributed by atoms with Crippen LogP contribution in [0.1, 0.15) is 17.3 Å². The van der Waals surface area contributed by atoms with Gasteiger partial charge < -0.3 is 4.42 Å². The molecule has 0 saturated heterocycles. The summed E-state index contributed by atoms with van der Waals surface area (Å²) in [7, 11) is 0. The summed E-state index contributed by atoms with van der Waals surface area (Å²) >= 11 is 0. The Morgan fingerprint density at radius 3 is 2.67 bits per heavy atom. The fourth-order valence-electron chi connectivity index (χ4n) is 0.547. The molecule has 3 heteroatoms. The van der Waals surface area contributed by atoms with Gasteiger partial charge >= 0.3 is 0 Å². The smallest absolute Gasteiger partial charge is 0.288 e. The molecule has 0 aliphatic heterocycles. The van der Waals surface area contributed by atoms with Gasteiger partial charge in [-0.3, -0.25) is 4.79 Å². The summed E-state index contributed by atoms with van der Waals surface area (Å²) in [5.74, 6) is -0.318. The average Bonchev–Trinajstić information content (AvgIpc) is 2.13. The van der Waals surface area contributed by atoms with Gasteiger partial charge in [0.15, 0.2) is 5.78 Å².